The molecule has 1 fully saturated rings. The Balaban J connectivity index is 1.67. The van der Waals surface area contributed by atoms with Crippen LogP contribution in [0.3, 0.4) is 0 Å². The van der Waals surface area contributed by atoms with E-state index in [4.69, 9.17) is 0 Å². The van der Waals surface area contributed by atoms with Crippen LogP contribution in [0.2, 0.25) is 0 Å². The van der Waals surface area contributed by atoms with Crippen molar-refractivity contribution in [3.8, 4) is 0 Å². The summed E-state index contributed by atoms with van der Waals surface area (Å²) in [6.45, 7) is 8.17. The monoisotopic (exact) mass is 306 g/mol. The fraction of sp³-hybridized carbons (Fsp3) is 0.706. The van der Waals surface area contributed by atoms with E-state index in [1.807, 2.05) is 11.3 Å². The van der Waals surface area contributed by atoms with Crippen LogP contribution in [0, 0.1) is 5.92 Å². The number of amides is 1. The molecule has 0 saturated carbocycles. The summed E-state index contributed by atoms with van der Waals surface area (Å²) in [5.41, 5.74) is 1.40. The number of likely N-dealkylation sites (tertiary alicyclic amines) is 1. The van der Waals surface area contributed by atoms with Crippen LogP contribution in [0.25, 0.3) is 0 Å². The van der Waals surface area contributed by atoms with Crippen LogP contribution in [-0.4, -0.2) is 41.9 Å². The number of nitrogens with zero attached hydrogens (tertiary/aromatic N) is 2. The van der Waals surface area contributed by atoms with Crippen LogP contribution in [-0.2, 0) is 11.2 Å². The molecule has 0 aromatic carbocycles. The molecule has 21 heavy (non-hydrogen) atoms. The van der Waals surface area contributed by atoms with E-state index in [2.05, 4.69) is 35.1 Å². The van der Waals surface area contributed by atoms with Gasteiger partial charge in [-0.3, -0.25) is 9.69 Å². The van der Waals surface area contributed by atoms with E-state index >= 15 is 0 Å². The lowest BCUT2D eigenvalue weighted by Gasteiger charge is -2.38. The summed E-state index contributed by atoms with van der Waals surface area (Å²) in [5.74, 6) is 1.06. The van der Waals surface area contributed by atoms with Gasteiger partial charge < -0.3 is 4.90 Å². The van der Waals surface area contributed by atoms with E-state index in [1.54, 1.807) is 0 Å². The number of hydrogen-bond acceptors (Lipinski definition) is 3. The Morgan fingerprint density at radius 3 is 3.05 bits per heavy atom. The van der Waals surface area contributed by atoms with Crippen molar-refractivity contribution in [2.45, 2.75) is 45.6 Å². The molecule has 0 aliphatic carbocycles. The van der Waals surface area contributed by atoms with Crippen molar-refractivity contribution in [2.75, 3.05) is 26.2 Å². The third-order valence-corrected chi connectivity index (χ3v) is 5.90. The third kappa shape index (κ3) is 3.16. The van der Waals surface area contributed by atoms with Crippen molar-refractivity contribution in [3.05, 3.63) is 21.9 Å². The standard InChI is InChI=1S/C17H26N2OS/c1-3-15-14-7-10-21-16(14)6-9-19(15)17(20)12-18-8-4-5-13(2)11-18/h7,10,13,15H,3-6,8-9,11-12H2,1-2H3. The van der Waals surface area contributed by atoms with Gasteiger partial charge in [-0.1, -0.05) is 13.8 Å². The largest absolute Gasteiger partial charge is 0.334 e. The molecule has 1 amide bonds. The van der Waals surface area contributed by atoms with Crippen molar-refractivity contribution in [1.82, 2.24) is 9.80 Å². The predicted octanol–water partition coefficient (Wildman–Crippen LogP) is 3.32. The summed E-state index contributed by atoms with van der Waals surface area (Å²) in [4.78, 5) is 18.7. The first kappa shape index (κ1) is 15.0. The molecule has 116 valence electrons. The summed E-state index contributed by atoms with van der Waals surface area (Å²) in [6.07, 6.45) is 4.60. The average Bonchev–Trinajstić information content (AvgIpc) is 2.94. The van der Waals surface area contributed by atoms with E-state index in [9.17, 15) is 4.79 Å². The average molecular weight is 306 g/mol. The Morgan fingerprint density at radius 2 is 2.29 bits per heavy atom. The highest BCUT2D eigenvalue weighted by Gasteiger charge is 2.31. The van der Waals surface area contributed by atoms with Gasteiger partial charge in [0.15, 0.2) is 0 Å². The smallest absolute Gasteiger partial charge is 0.237 e. The van der Waals surface area contributed by atoms with Crippen molar-refractivity contribution in [3.63, 3.8) is 0 Å². The lowest BCUT2D eigenvalue weighted by atomic mass is 9.97. The molecule has 3 rings (SSSR count). The van der Waals surface area contributed by atoms with Gasteiger partial charge in [0.1, 0.15) is 0 Å². The van der Waals surface area contributed by atoms with Gasteiger partial charge in [-0.2, -0.15) is 0 Å². The number of carbonyl (C=O) groups is 1. The Labute approximate surface area is 131 Å². The maximum atomic E-state index is 12.8. The topological polar surface area (TPSA) is 23.6 Å². The maximum Gasteiger partial charge on any atom is 0.237 e. The second-order valence-electron chi connectivity index (χ2n) is 6.54. The minimum Gasteiger partial charge on any atom is -0.334 e. The first-order chi connectivity index (χ1) is 10.2. The molecule has 3 nitrogen and oxygen atoms in total. The number of hydrogen-bond donors (Lipinski definition) is 0. The van der Waals surface area contributed by atoms with Crippen LogP contribution < -0.4 is 0 Å². The van der Waals surface area contributed by atoms with Gasteiger partial charge in [0.05, 0.1) is 12.6 Å². The zero-order valence-electron chi connectivity index (χ0n) is 13.2. The van der Waals surface area contributed by atoms with Crippen LogP contribution in [0.15, 0.2) is 11.4 Å². The van der Waals surface area contributed by atoms with Gasteiger partial charge >= 0.3 is 0 Å². The molecular weight excluding hydrogens is 280 g/mol. The van der Waals surface area contributed by atoms with E-state index < -0.39 is 0 Å². The van der Waals surface area contributed by atoms with Crippen molar-refractivity contribution >= 4 is 17.2 Å². The lowest BCUT2D eigenvalue weighted by Crippen LogP contribution is -2.46. The van der Waals surface area contributed by atoms with Crippen molar-refractivity contribution in [1.29, 1.82) is 0 Å². The van der Waals surface area contributed by atoms with Gasteiger partial charge in [0.25, 0.3) is 0 Å². The van der Waals surface area contributed by atoms with Gasteiger partial charge in [-0.25, -0.2) is 0 Å². The molecule has 2 aliphatic rings. The zero-order valence-corrected chi connectivity index (χ0v) is 14.0. The fourth-order valence-corrected chi connectivity index (χ4v) is 4.78. The normalized spacial score (nSPS) is 26.7. The quantitative estimate of drug-likeness (QED) is 0.855. The van der Waals surface area contributed by atoms with Crippen LogP contribution in [0.1, 0.15) is 49.6 Å². The number of piperidine rings is 1. The van der Waals surface area contributed by atoms with Crippen molar-refractivity contribution < 1.29 is 4.79 Å². The molecule has 2 atom stereocenters. The highest BCUT2D eigenvalue weighted by Crippen LogP contribution is 2.35. The fourth-order valence-electron chi connectivity index (χ4n) is 3.85. The summed E-state index contributed by atoms with van der Waals surface area (Å²) in [6, 6.07) is 2.52. The molecule has 1 aromatic heterocycles. The molecule has 0 bridgehead atoms. The van der Waals surface area contributed by atoms with E-state index in [0.717, 1.165) is 38.4 Å². The van der Waals surface area contributed by atoms with Crippen LogP contribution >= 0.6 is 11.3 Å². The first-order valence-corrected chi connectivity index (χ1v) is 9.15. The predicted molar refractivity (Wildman–Crippen MR) is 87.6 cm³/mol. The van der Waals surface area contributed by atoms with Gasteiger partial charge in [0, 0.05) is 18.0 Å². The highest BCUT2D eigenvalue weighted by molar-refractivity contribution is 7.10. The number of fused-ring (bicyclic) bond motifs is 1. The third-order valence-electron chi connectivity index (χ3n) is 4.90. The molecule has 4 heteroatoms. The van der Waals surface area contributed by atoms with E-state index in [1.165, 1.54) is 23.3 Å². The molecule has 1 aromatic rings. The summed E-state index contributed by atoms with van der Waals surface area (Å²) in [5, 5.41) is 2.17. The highest BCUT2D eigenvalue weighted by atomic mass is 32.1. The number of carbonyl (C=O) groups excluding carboxylic acids is 1. The summed E-state index contributed by atoms with van der Waals surface area (Å²) < 4.78 is 0. The van der Waals surface area contributed by atoms with Crippen LogP contribution in [0.5, 0.6) is 0 Å². The second kappa shape index (κ2) is 6.49. The Morgan fingerprint density at radius 1 is 1.43 bits per heavy atom. The molecule has 0 spiro atoms. The Bertz CT molecular complexity index is 499. The maximum absolute atomic E-state index is 12.8. The molecule has 1 saturated heterocycles. The van der Waals surface area contributed by atoms with E-state index in [0.29, 0.717) is 18.5 Å². The number of rotatable bonds is 3. The zero-order chi connectivity index (χ0) is 14.8. The molecule has 3 heterocycles. The lowest BCUT2D eigenvalue weighted by molar-refractivity contribution is -0.135. The molecule has 0 N–H and O–H groups in total. The summed E-state index contributed by atoms with van der Waals surface area (Å²) in [7, 11) is 0. The second-order valence-corrected chi connectivity index (χ2v) is 7.54. The Kier molecular flexibility index (Phi) is 4.65. The number of thiophene rings is 1. The van der Waals surface area contributed by atoms with Crippen LogP contribution in [0.4, 0.5) is 0 Å². The molecular formula is C17H26N2OS. The van der Waals surface area contributed by atoms with E-state index in [-0.39, 0.29) is 0 Å². The molecule has 2 aliphatic heterocycles. The van der Waals surface area contributed by atoms with Gasteiger partial charge in [-0.05, 0) is 55.2 Å². The molecule has 0 radical (unpaired) electrons. The first-order valence-electron chi connectivity index (χ1n) is 8.27. The van der Waals surface area contributed by atoms with Gasteiger partial charge in [-0.15, -0.1) is 11.3 Å². The molecule has 2 unspecified atom stereocenters. The summed E-state index contributed by atoms with van der Waals surface area (Å²) >= 11 is 1.85. The van der Waals surface area contributed by atoms with Crippen molar-refractivity contribution in [2.24, 2.45) is 5.92 Å². The van der Waals surface area contributed by atoms with Gasteiger partial charge in [0.2, 0.25) is 5.91 Å². The minimum atomic E-state index is 0.301. The minimum absolute atomic E-state index is 0.301. The SMILES string of the molecule is CCC1c2ccsc2CCN1C(=O)CN1CCCC(C)C1. The Hall–Kier alpha value is -0.870.